The van der Waals surface area contributed by atoms with E-state index in [-0.39, 0.29) is 17.3 Å². The summed E-state index contributed by atoms with van der Waals surface area (Å²) >= 11 is 0. The second-order valence-corrected chi connectivity index (χ2v) is 5.34. The smallest absolute Gasteiger partial charge is 0.162 e. The average Bonchev–Trinajstić information content (AvgIpc) is 2.25. The minimum atomic E-state index is 0.0165. The Morgan fingerprint density at radius 1 is 1.47 bits per heavy atom. The quantitative estimate of drug-likeness (QED) is 0.616. The molecule has 0 fully saturated rings. The molecule has 0 bridgehead atoms. The Labute approximate surface area is 103 Å². The van der Waals surface area contributed by atoms with Gasteiger partial charge in [-0.3, -0.25) is 5.41 Å². The summed E-state index contributed by atoms with van der Waals surface area (Å²) in [5.74, 6) is 0.672. The monoisotopic (exact) mass is 235 g/mol. The van der Waals surface area contributed by atoms with Crippen LogP contribution in [-0.4, -0.2) is 29.1 Å². The molecule has 0 saturated heterocycles. The van der Waals surface area contributed by atoms with Gasteiger partial charge in [0.2, 0.25) is 0 Å². The molecule has 1 aromatic heterocycles. The van der Waals surface area contributed by atoms with E-state index in [0.717, 1.165) is 0 Å². The molecule has 0 radical (unpaired) electrons. The molecule has 0 amide bonds. The second kappa shape index (κ2) is 4.69. The number of rotatable bonds is 3. The zero-order chi connectivity index (χ0) is 13.2. The topological polar surface area (TPSA) is 78.9 Å². The highest BCUT2D eigenvalue weighted by molar-refractivity contribution is 5.99. The van der Waals surface area contributed by atoms with Gasteiger partial charge in [0.15, 0.2) is 5.82 Å². The van der Waals surface area contributed by atoms with Gasteiger partial charge in [0.1, 0.15) is 5.84 Å². The van der Waals surface area contributed by atoms with Crippen LogP contribution in [0.15, 0.2) is 12.3 Å². The zero-order valence-corrected chi connectivity index (χ0v) is 11.2. The number of nitrogens with two attached hydrogens (primary N) is 1. The Morgan fingerprint density at radius 2 is 2.06 bits per heavy atom. The van der Waals surface area contributed by atoms with Crippen LogP contribution in [0.1, 0.15) is 33.3 Å². The summed E-state index contributed by atoms with van der Waals surface area (Å²) in [6, 6.07) is 1.98. The van der Waals surface area contributed by atoms with E-state index in [1.807, 2.05) is 11.9 Å². The van der Waals surface area contributed by atoms with Crippen LogP contribution >= 0.6 is 0 Å². The minimum absolute atomic E-state index is 0.0165. The van der Waals surface area contributed by atoms with Crippen molar-refractivity contribution < 1.29 is 0 Å². The van der Waals surface area contributed by atoms with Gasteiger partial charge in [0.05, 0.1) is 11.8 Å². The largest absolute Gasteiger partial charge is 0.384 e. The van der Waals surface area contributed by atoms with Gasteiger partial charge in [-0.1, -0.05) is 20.8 Å². The van der Waals surface area contributed by atoms with Crippen molar-refractivity contribution >= 4 is 11.7 Å². The van der Waals surface area contributed by atoms with Crippen molar-refractivity contribution in [1.82, 2.24) is 10.2 Å². The molecule has 0 aliphatic carbocycles. The van der Waals surface area contributed by atoms with Crippen molar-refractivity contribution in [3.63, 3.8) is 0 Å². The van der Waals surface area contributed by atoms with Gasteiger partial charge >= 0.3 is 0 Å². The molecule has 17 heavy (non-hydrogen) atoms. The number of hydrogen-bond donors (Lipinski definition) is 2. The van der Waals surface area contributed by atoms with E-state index in [9.17, 15) is 0 Å². The lowest BCUT2D eigenvalue weighted by molar-refractivity contribution is 0.328. The molecule has 0 spiro atoms. The summed E-state index contributed by atoms with van der Waals surface area (Å²) in [5.41, 5.74) is 6.29. The maximum absolute atomic E-state index is 7.55. The third-order valence-electron chi connectivity index (χ3n) is 3.16. The van der Waals surface area contributed by atoms with Crippen LogP contribution in [0.3, 0.4) is 0 Å². The number of amidine groups is 1. The molecule has 3 N–H and O–H groups in total. The van der Waals surface area contributed by atoms with Crippen molar-refractivity contribution in [2.75, 3.05) is 11.9 Å². The number of hydrogen-bond acceptors (Lipinski definition) is 4. The lowest BCUT2D eigenvalue weighted by atomic mass is 9.87. The molecule has 1 atom stereocenters. The number of nitrogens with one attached hydrogen (secondary N) is 1. The predicted octanol–water partition coefficient (Wildman–Crippen LogP) is 1.63. The highest BCUT2D eigenvalue weighted by Gasteiger charge is 2.26. The van der Waals surface area contributed by atoms with Gasteiger partial charge in [-0.25, -0.2) is 0 Å². The number of aromatic nitrogens is 2. The number of anilines is 1. The third kappa shape index (κ3) is 2.93. The lowest BCUT2D eigenvalue weighted by Gasteiger charge is -2.36. The first kappa shape index (κ1) is 13.4. The molecule has 0 saturated carbocycles. The Hall–Kier alpha value is -1.65. The summed E-state index contributed by atoms with van der Waals surface area (Å²) < 4.78 is 0. The summed E-state index contributed by atoms with van der Waals surface area (Å²) in [5, 5.41) is 15.5. The van der Waals surface area contributed by atoms with Crippen molar-refractivity contribution in [2.45, 2.75) is 33.7 Å². The van der Waals surface area contributed by atoms with Crippen LogP contribution < -0.4 is 10.6 Å². The SMILES string of the molecule is CC(N(C)c1nnccc1C(=N)N)C(C)(C)C. The highest BCUT2D eigenvalue weighted by atomic mass is 15.3. The molecule has 1 rings (SSSR count). The van der Waals surface area contributed by atoms with Gasteiger partial charge in [0.25, 0.3) is 0 Å². The second-order valence-electron chi connectivity index (χ2n) is 5.34. The first-order valence-corrected chi connectivity index (χ1v) is 5.64. The van der Waals surface area contributed by atoms with E-state index >= 15 is 0 Å². The highest BCUT2D eigenvalue weighted by Crippen LogP contribution is 2.27. The molecule has 1 heterocycles. The van der Waals surface area contributed by atoms with Crippen LogP contribution in [0.4, 0.5) is 5.82 Å². The van der Waals surface area contributed by atoms with E-state index in [4.69, 9.17) is 11.1 Å². The summed E-state index contributed by atoms with van der Waals surface area (Å²) in [6.45, 7) is 8.62. The molecule has 94 valence electrons. The Balaban J connectivity index is 3.12. The first-order valence-electron chi connectivity index (χ1n) is 5.64. The molecule has 5 nitrogen and oxygen atoms in total. The Kier molecular flexibility index (Phi) is 3.70. The van der Waals surface area contributed by atoms with Crippen molar-refractivity contribution in [2.24, 2.45) is 11.1 Å². The fraction of sp³-hybridized carbons (Fsp3) is 0.583. The normalized spacial score (nSPS) is 13.2. The maximum atomic E-state index is 7.55. The van der Waals surface area contributed by atoms with Crippen molar-refractivity contribution in [1.29, 1.82) is 5.41 Å². The van der Waals surface area contributed by atoms with Crippen molar-refractivity contribution in [3.8, 4) is 0 Å². The van der Waals surface area contributed by atoms with Gasteiger partial charge in [-0.2, -0.15) is 5.10 Å². The lowest BCUT2D eigenvalue weighted by Crippen LogP contribution is -2.41. The standard InChI is InChI=1S/C12H21N5/c1-8(12(2,3)4)17(5)11-9(10(13)14)6-7-15-16-11/h6-8H,1-5H3,(H3,13,14). The summed E-state index contributed by atoms with van der Waals surface area (Å²) in [6.07, 6.45) is 1.55. The van der Waals surface area contributed by atoms with E-state index in [2.05, 4.69) is 37.9 Å². The van der Waals surface area contributed by atoms with Gasteiger partial charge in [-0.15, -0.1) is 5.10 Å². The number of nitrogen functional groups attached to an aromatic ring is 1. The summed E-state index contributed by atoms with van der Waals surface area (Å²) in [4.78, 5) is 2.02. The van der Waals surface area contributed by atoms with E-state index < -0.39 is 0 Å². The molecule has 0 aliphatic heterocycles. The summed E-state index contributed by atoms with van der Waals surface area (Å²) in [7, 11) is 1.95. The third-order valence-corrected chi connectivity index (χ3v) is 3.16. The minimum Gasteiger partial charge on any atom is -0.384 e. The Bertz CT molecular complexity index is 408. The molecule has 5 heteroatoms. The zero-order valence-electron chi connectivity index (χ0n) is 11.2. The van der Waals surface area contributed by atoms with Crippen LogP contribution in [0.5, 0.6) is 0 Å². The first-order chi connectivity index (χ1) is 7.75. The average molecular weight is 235 g/mol. The fourth-order valence-corrected chi connectivity index (χ4v) is 1.56. The van der Waals surface area contributed by atoms with E-state index in [0.29, 0.717) is 11.4 Å². The van der Waals surface area contributed by atoms with E-state index in [1.165, 1.54) is 0 Å². The van der Waals surface area contributed by atoms with Crippen LogP contribution in [0.25, 0.3) is 0 Å². The van der Waals surface area contributed by atoms with Crippen LogP contribution in [0.2, 0.25) is 0 Å². The molecular weight excluding hydrogens is 214 g/mol. The Morgan fingerprint density at radius 3 is 2.53 bits per heavy atom. The van der Waals surface area contributed by atoms with Gasteiger partial charge < -0.3 is 10.6 Å². The number of nitrogens with zero attached hydrogens (tertiary/aromatic N) is 3. The molecule has 0 aliphatic rings. The maximum Gasteiger partial charge on any atom is 0.162 e. The van der Waals surface area contributed by atoms with Crippen LogP contribution in [-0.2, 0) is 0 Å². The molecule has 1 unspecified atom stereocenters. The van der Waals surface area contributed by atoms with Gasteiger partial charge in [0, 0.05) is 13.1 Å². The molecular formula is C12H21N5. The predicted molar refractivity (Wildman–Crippen MR) is 70.4 cm³/mol. The van der Waals surface area contributed by atoms with Gasteiger partial charge in [-0.05, 0) is 18.4 Å². The van der Waals surface area contributed by atoms with E-state index in [1.54, 1.807) is 12.3 Å². The van der Waals surface area contributed by atoms with Crippen LogP contribution in [0, 0.1) is 10.8 Å². The van der Waals surface area contributed by atoms with Crippen molar-refractivity contribution in [3.05, 3.63) is 17.8 Å². The molecule has 1 aromatic rings. The fourth-order valence-electron chi connectivity index (χ4n) is 1.56. The molecule has 0 aromatic carbocycles.